The molecule has 0 saturated heterocycles. The van der Waals surface area contributed by atoms with E-state index in [2.05, 4.69) is 0 Å². The van der Waals surface area contributed by atoms with Crippen molar-refractivity contribution in [2.24, 2.45) is 0 Å². The predicted molar refractivity (Wildman–Crippen MR) is 75.5 cm³/mol. The summed E-state index contributed by atoms with van der Waals surface area (Å²) in [7, 11) is 3.87. The standard InChI is InChI=1S/C14H21F2N3O/c1-4-19(7-5-6-18(2)3)14(20)11-8-10(15)9-12(17)13(11)16/h8-9H,4-7,17H2,1-3H3. The third-order valence-electron chi connectivity index (χ3n) is 3.00. The van der Waals surface area contributed by atoms with Gasteiger partial charge in [-0.1, -0.05) is 0 Å². The molecular formula is C14H21F2N3O. The zero-order chi connectivity index (χ0) is 15.3. The topological polar surface area (TPSA) is 49.6 Å². The van der Waals surface area contributed by atoms with Crippen molar-refractivity contribution in [3.63, 3.8) is 0 Å². The molecule has 1 aromatic rings. The van der Waals surface area contributed by atoms with Gasteiger partial charge >= 0.3 is 0 Å². The normalized spacial score (nSPS) is 10.9. The molecule has 0 spiro atoms. The smallest absolute Gasteiger partial charge is 0.257 e. The fourth-order valence-corrected chi connectivity index (χ4v) is 1.92. The number of anilines is 1. The first-order valence-electron chi connectivity index (χ1n) is 6.55. The van der Waals surface area contributed by atoms with Crippen molar-refractivity contribution in [2.45, 2.75) is 13.3 Å². The molecule has 0 aromatic heterocycles. The molecule has 0 radical (unpaired) electrons. The Bertz CT molecular complexity index is 478. The molecule has 0 heterocycles. The van der Waals surface area contributed by atoms with E-state index in [1.807, 2.05) is 19.0 Å². The van der Waals surface area contributed by atoms with Crippen LogP contribution in [0.15, 0.2) is 12.1 Å². The summed E-state index contributed by atoms with van der Waals surface area (Å²) < 4.78 is 27.1. The highest BCUT2D eigenvalue weighted by Crippen LogP contribution is 2.19. The van der Waals surface area contributed by atoms with E-state index in [0.717, 1.165) is 25.1 Å². The number of nitrogens with two attached hydrogens (primary N) is 1. The van der Waals surface area contributed by atoms with E-state index in [9.17, 15) is 13.6 Å². The van der Waals surface area contributed by atoms with Crippen LogP contribution in [0.1, 0.15) is 23.7 Å². The van der Waals surface area contributed by atoms with E-state index in [4.69, 9.17) is 5.73 Å². The van der Waals surface area contributed by atoms with Crippen LogP contribution in [0.2, 0.25) is 0 Å². The number of rotatable bonds is 6. The van der Waals surface area contributed by atoms with Crippen LogP contribution in [-0.4, -0.2) is 49.4 Å². The number of nitrogens with zero attached hydrogens (tertiary/aromatic N) is 2. The summed E-state index contributed by atoms with van der Waals surface area (Å²) in [5.74, 6) is -2.10. The number of halogens is 2. The van der Waals surface area contributed by atoms with Gasteiger partial charge in [0.05, 0.1) is 11.3 Å². The van der Waals surface area contributed by atoms with E-state index >= 15 is 0 Å². The Morgan fingerprint density at radius 3 is 2.45 bits per heavy atom. The molecule has 0 bridgehead atoms. The molecule has 0 aliphatic heterocycles. The highest BCUT2D eigenvalue weighted by Gasteiger charge is 2.20. The summed E-state index contributed by atoms with van der Waals surface area (Å²) >= 11 is 0. The van der Waals surface area contributed by atoms with Crippen LogP contribution in [0.3, 0.4) is 0 Å². The molecule has 1 rings (SSSR count). The highest BCUT2D eigenvalue weighted by molar-refractivity contribution is 5.95. The minimum atomic E-state index is -0.859. The molecular weight excluding hydrogens is 264 g/mol. The van der Waals surface area contributed by atoms with Gasteiger partial charge in [0, 0.05) is 13.1 Å². The molecule has 6 heteroatoms. The molecule has 112 valence electrons. The third kappa shape index (κ3) is 4.16. The first-order valence-corrected chi connectivity index (χ1v) is 6.55. The first-order chi connectivity index (χ1) is 9.36. The average molecular weight is 285 g/mol. The number of carbonyl (C=O) groups excluding carboxylic acids is 1. The maximum atomic E-state index is 13.8. The molecule has 4 nitrogen and oxygen atoms in total. The number of carbonyl (C=O) groups is 1. The van der Waals surface area contributed by atoms with E-state index in [1.165, 1.54) is 4.90 Å². The summed E-state index contributed by atoms with van der Waals surface area (Å²) in [6, 6.07) is 1.76. The fraction of sp³-hybridized carbons (Fsp3) is 0.500. The Balaban J connectivity index is 2.86. The van der Waals surface area contributed by atoms with Crippen molar-refractivity contribution in [3.05, 3.63) is 29.3 Å². The van der Waals surface area contributed by atoms with Crippen LogP contribution in [-0.2, 0) is 0 Å². The lowest BCUT2D eigenvalue weighted by molar-refractivity contribution is 0.0754. The van der Waals surface area contributed by atoms with Gasteiger partial charge in [0.1, 0.15) is 5.82 Å². The zero-order valence-electron chi connectivity index (χ0n) is 12.1. The van der Waals surface area contributed by atoms with E-state index < -0.39 is 17.5 Å². The molecule has 20 heavy (non-hydrogen) atoms. The van der Waals surface area contributed by atoms with E-state index in [-0.39, 0.29) is 11.3 Å². The summed E-state index contributed by atoms with van der Waals surface area (Å²) in [5, 5.41) is 0. The lowest BCUT2D eigenvalue weighted by Crippen LogP contribution is -2.34. The van der Waals surface area contributed by atoms with Gasteiger partial charge in [-0.05, 0) is 46.1 Å². The number of amides is 1. The first kappa shape index (κ1) is 16.4. The fourth-order valence-electron chi connectivity index (χ4n) is 1.92. The predicted octanol–water partition coefficient (Wildman–Crippen LogP) is 1.96. The lowest BCUT2D eigenvalue weighted by Gasteiger charge is -2.22. The van der Waals surface area contributed by atoms with Gasteiger partial charge < -0.3 is 15.5 Å². The van der Waals surface area contributed by atoms with Gasteiger partial charge in [0.2, 0.25) is 0 Å². The number of hydrogen-bond donors (Lipinski definition) is 1. The summed E-state index contributed by atoms with van der Waals surface area (Å²) in [4.78, 5) is 15.7. The number of hydrogen-bond acceptors (Lipinski definition) is 3. The minimum Gasteiger partial charge on any atom is -0.396 e. The van der Waals surface area contributed by atoms with Crippen LogP contribution in [0.5, 0.6) is 0 Å². The van der Waals surface area contributed by atoms with Gasteiger partial charge in [-0.25, -0.2) is 8.78 Å². The van der Waals surface area contributed by atoms with Crippen molar-refractivity contribution in [1.29, 1.82) is 0 Å². The maximum absolute atomic E-state index is 13.8. The highest BCUT2D eigenvalue weighted by atomic mass is 19.1. The minimum absolute atomic E-state index is 0.311. The molecule has 0 aliphatic carbocycles. The largest absolute Gasteiger partial charge is 0.396 e. The monoisotopic (exact) mass is 285 g/mol. The maximum Gasteiger partial charge on any atom is 0.257 e. The Kier molecular flexibility index (Phi) is 5.88. The average Bonchev–Trinajstić information content (AvgIpc) is 2.38. The van der Waals surface area contributed by atoms with Gasteiger partial charge in [-0.15, -0.1) is 0 Å². The summed E-state index contributed by atoms with van der Waals surface area (Å²) in [6.45, 7) is 3.54. The molecule has 0 saturated carbocycles. The second kappa shape index (κ2) is 7.19. The van der Waals surface area contributed by atoms with Crippen molar-refractivity contribution in [3.8, 4) is 0 Å². The Morgan fingerprint density at radius 1 is 1.25 bits per heavy atom. The van der Waals surface area contributed by atoms with Gasteiger partial charge in [0.25, 0.3) is 5.91 Å². The van der Waals surface area contributed by atoms with Gasteiger partial charge in [-0.2, -0.15) is 0 Å². The summed E-state index contributed by atoms with van der Waals surface area (Å²) in [5.41, 5.74) is 4.69. The molecule has 2 N–H and O–H groups in total. The van der Waals surface area contributed by atoms with Crippen LogP contribution in [0.25, 0.3) is 0 Å². The van der Waals surface area contributed by atoms with Gasteiger partial charge in [-0.3, -0.25) is 4.79 Å². The van der Waals surface area contributed by atoms with Gasteiger partial charge in [0.15, 0.2) is 5.82 Å². The molecule has 0 fully saturated rings. The van der Waals surface area contributed by atoms with E-state index in [0.29, 0.717) is 13.1 Å². The Labute approximate surface area is 118 Å². The van der Waals surface area contributed by atoms with Crippen molar-refractivity contribution in [1.82, 2.24) is 9.80 Å². The quantitative estimate of drug-likeness (QED) is 0.813. The van der Waals surface area contributed by atoms with Crippen molar-refractivity contribution >= 4 is 11.6 Å². The number of nitrogen functional groups attached to an aromatic ring is 1. The molecule has 0 unspecified atom stereocenters. The second-order valence-corrected chi connectivity index (χ2v) is 4.90. The van der Waals surface area contributed by atoms with Crippen LogP contribution in [0.4, 0.5) is 14.5 Å². The van der Waals surface area contributed by atoms with Crippen LogP contribution < -0.4 is 5.73 Å². The van der Waals surface area contributed by atoms with Crippen molar-refractivity contribution in [2.75, 3.05) is 39.5 Å². The second-order valence-electron chi connectivity index (χ2n) is 4.90. The summed E-state index contributed by atoms with van der Waals surface area (Å²) in [6.07, 6.45) is 0.763. The number of benzene rings is 1. The van der Waals surface area contributed by atoms with Crippen LogP contribution in [0, 0.1) is 11.6 Å². The van der Waals surface area contributed by atoms with Crippen molar-refractivity contribution < 1.29 is 13.6 Å². The molecule has 0 aliphatic rings. The Hall–Kier alpha value is -1.69. The molecule has 1 aromatic carbocycles. The third-order valence-corrected chi connectivity index (χ3v) is 3.00. The van der Waals surface area contributed by atoms with E-state index in [1.54, 1.807) is 6.92 Å². The Morgan fingerprint density at radius 2 is 1.90 bits per heavy atom. The molecule has 1 amide bonds. The SMILES string of the molecule is CCN(CCCN(C)C)C(=O)c1cc(F)cc(N)c1F. The molecule has 0 atom stereocenters. The lowest BCUT2D eigenvalue weighted by atomic mass is 10.1. The van der Waals surface area contributed by atoms with Crippen LogP contribution >= 0.6 is 0 Å². The zero-order valence-corrected chi connectivity index (χ0v) is 12.1.